The lowest BCUT2D eigenvalue weighted by atomic mass is 9.74. The zero-order chi connectivity index (χ0) is 19.0. The highest BCUT2D eigenvalue weighted by atomic mass is 32.1. The number of benzene rings is 1. The Hall–Kier alpha value is -2.51. The second-order valence-corrected chi connectivity index (χ2v) is 7.97. The fourth-order valence-corrected chi connectivity index (χ4v) is 4.71. The molecule has 2 aromatic rings. The first kappa shape index (κ1) is 17.9. The highest BCUT2D eigenvalue weighted by Crippen LogP contribution is 2.43. The number of carboxylic acids is 1. The number of rotatable bonds is 4. The van der Waals surface area contributed by atoms with E-state index in [1.165, 1.54) is 11.3 Å². The molecular formula is C20H19NO5S. The Morgan fingerprint density at radius 2 is 1.93 bits per heavy atom. The molecule has 1 aromatic carbocycles. The summed E-state index contributed by atoms with van der Waals surface area (Å²) < 4.78 is 5.45. The molecular weight excluding hydrogens is 366 g/mol. The van der Waals surface area contributed by atoms with Crippen molar-refractivity contribution in [1.82, 2.24) is 4.90 Å². The van der Waals surface area contributed by atoms with Crippen LogP contribution in [0.4, 0.5) is 0 Å². The van der Waals surface area contributed by atoms with Gasteiger partial charge in [-0.3, -0.25) is 14.4 Å². The van der Waals surface area contributed by atoms with Gasteiger partial charge in [-0.15, -0.1) is 11.3 Å². The predicted molar refractivity (Wildman–Crippen MR) is 99.1 cm³/mol. The van der Waals surface area contributed by atoms with Crippen molar-refractivity contribution in [2.45, 2.75) is 6.42 Å². The monoisotopic (exact) mass is 385 g/mol. The molecule has 0 radical (unpaired) electrons. The molecule has 0 aliphatic carbocycles. The molecule has 0 bridgehead atoms. The molecule has 2 atom stereocenters. The fraction of sp³-hybridized carbons (Fsp3) is 0.350. The van der Waals surface area contributed by atoms with Crippen molar-refractivity contribution in [3.8, 4) is 0 Å². The maximum absolute atomic E-state index is 13.2. The molecule has 1 aromatic heterocycles. The van der Waals surface area contributed by atoms with E-state index in [1.807, 2.05) is 5.38 Å². The van der Waals surface area contributed by atoms with Crippen LogP contribution in [-0.4, -0.2) is 54.0 Å². The van der Waals surface area contributed by atoms with Crippen LogP contribution in [-0.2, 0) is 9.53 Å². The first-order valence-electron chi connectivity index (χ1n) is 8.80. The van der Waals surface area contributed by atoms with Gasteiger partial charge in [0.15, 0.2) is 0 Å². The van der Waals surface area contributed by atoms with Crippen molar-refractivity contribution in [2.24, 2.45) is 11.3 Å². The third-order valence-electron chi connectivity index (χ3n) is 5.57. The van der Waals surface area contributed by atoms with E-state index < -0.39 is 11.4 Å². The number of carbonyl (C=O) groups excluding carboxylic acids is 2. The third kappa shape index (κ3) is 2.96. The molecule has 2 aliphatic rings. The van der Waals surface area contributed by atoms with E-state index in [4.69, 9.17) is 4.74 Å². The number of hydrogen-bond donors (Lipinski definition) is 1. The number of carboxylic acid groups (broad SMARTS) is 1. The summed E-state index contributed by atoms with van der Waals surface area (Å²) in [6, 6.07) is 10.3. The number of hydrogen-bond acceptors (Lipinski definition) is 5. The highest BCUT2D eigenvalue weighted by Gasteiger charge is 2.55. The molecule has 7 heteroatoms. The van der Waals surface area contributed by atoms with Crippen LogP contribution in [0.3, 0.4) is 0 Å². The number of nitrogens with zero attached hydrogens (tertiary/aromatic N) is 1. The van der Waals surface area contributed by atoms with Gasteiger partial charge >= 0.3 is 5.97 Å². The molecule has 6 nitrogen and oxygen atoms in total. The van der Waals surface area contributed by atoms with Crippen molar-refractivity contribution < 1.29 is 24.2 Å². The number of ketones is 1. The van der Waals surface area contributed by atoms with Gasteiger partial charge in [0, 0.05) is 31.2 Å². The second-order valence-electron chi connectivity index (χ2n) is 7.02. The van der Waals surface area contributed by atoms with Gasteiger partial charge in [-0.25, -0.2) is 0 Å². The van der Waals surface area contributed by atoms with Crippen LogP contribution in [0.2, 0.25) is 0 Å². The minimum Gasteiger partial charge on any atom is -0.481 e. The van der Waals surface area contributed by atoms with Crippen LogP contribution >= 0.6 is 11.3 Å². The van der Waals surface area contributed by atoms with Crippen molar-refractivity contribution in [3.63, 3.8) is 0 Å². The standard InChI is InChI=1S/C20H19NO5S/c22-17(16-6-3-9-27-16)14-4-1-2-5-15(14)18(23)21-10-13-11-26-8-7-20(13,12-21)19(24)25/h1-6,9,13H,7-8,10-12H2,(H,24,25)/t13-,20+/m0/s1. The van der Waals surface area contributed by atoms with Crippen molar-refractivity contribution in [2.75, 3.05) is 26.3 Å². The molecule has 140 valence electrons. The summed E-state index contributed by atoms with van der Waals surface area (Å²) in [7, 11) is 0. The molecule has 1 N–H and O–H groups in total. The van der Waals surface area contributed by atoms with E-state index in [2.05, 4.69) is 0 Å². The Bertz CT molecular complexity index is 894. The fourth-order valence-electron chi connectivity index (χ4n) is 4.03. The molecule has 2 aliphatic heterocycles. The second kappa shape index (κ2) is 6.90. The Balaban J connectivity index is 1.65. The number of likely N-dealkylation sites (tertiary alicyclic amines) is 1. The van der Waals surface area contributed by atoms with Crippen molar-refractivity contribution in [1.29, 1.82) is 0 Å². The summed E-state index contributed by atoms with van der Waals surface area (Å²) in [4.78, 5) is 40.1. The highest BCUT2D eigenvalue weighted by molar-refractivity contribution is 7.12. The average Bonchev–Trinajstić information content (AvgIpc) is 3.35. The van der Waals surface area contributed by atoms with E-state index in [-0.39, 0.29) is 24.2 Å². The normalized spacial score (nSPS) is 24.4. The summed E-state index contributed by atoms with van der Waals surface area (Å²) in [6.45, 7) is 1.20. The van der Waals surface area contributed by atoms with Gasteiger partial charge in [0.1, 0.15) is 0 Å². The molecule has 3 heterocycles. The number of carbonyl (C=O) groups is 3. The average molecular weight is 385 g/mol. The van der Waals surface area contributed by atoms with Crippen LogP contribution in [0.15, 0.2) is 41.8 Å². The quantitative estimate of drug-likeness (QED) is 0.818. The van der Waals surface area contributed by atoms with Crippen LogP contribution in [0.25, 0.3) is 0 Å². The summed E-state index contributed by atoms with van der Waals surface area (Å²) in [5, 5.41) is 11.6. The Kier molecular flexibility index (Phi) is 4.57. The Morgan fingerprint density at radius 3 is 2.59 bits per heavy atom. The van der Waals surface area contributed by atoms with Gasteiger partial charge < -0.3 is 14.7 Å². The molecule has 1 amide bonds. The van der Waals surface area contributed by atoms with Crippen LogP contribution in [0.1, 0.15) is 32.0 Å². The zero-order valence-electron chi connectivity index (χ0n) is 14.6. The zero-order valence-corrected chi connectivity index (χ0v) is 15.4. The third-order valence-corrected chi connectivity index (χ3v) is 6.44. The van der Waals surface area contributed by atoms with Crippen LogP contribution in [0.5, 0.6) is 0 Å². The first-order chi connectivity index (χ1) is 13.0. The lowest BCUT2D eigenvalue weighted by Crippen LogP contribution is -2.45. The van der Waals surface area contributed by atoms with E-state index >= 15 is 0 Å². The number of ether oxygens (including phenoxy) is 1. The molecule has 0 spiro atoms. The number of aliphatic carboxylic acids is 1. The SMILES string of the molecule is O=C(c1cccs1)c1ccccc1C(=O)N1C[C@H]2COCC[C@@]2(C(=O)O)C1. The van der Waals surface area contributed by atoms with Gasteiger partial charge in [-0.2, -0.15) is 0 Å². The lowest BCUT2D eigenvalue weighted by Gasteiger charge is -2.33. The van der Waals surface area contributed by atoms with Gasteiger partial charge in [-0.05, 0) is 23.9 Å². The summed E-state index contributed by atoms with van der Waals surface area (Å²) in [5.74, 6) is -1.60. The van der Waals surface area contributed by atoms with Gasteiger partial charge in [0.25, 0.3) is 5.91 Å². The largest absolute Gasteiger partial charge is 0.481 e. The molecule has 2 fully saturated rings. The Morgan fingerprint density at radius 1 is 1.15 bits per heavy atom. The van der Waals surface area contributed by atoms with E-state index in [1.54, 1.807) is 41.3 Å². The summed E-state index contributed by atoms with van der Waals surface area (Å²) in [5.41, 5.74) is -0.294. The maximum Gasteiger partial charge on any atom is 0.311 e. The van der Waals surface area contributed by atoms with Gasteiger partial charge in [0.2, 0.25) is 5.78 Å². The van der Waals surface area contributed by atoms with E-state index in [9.17, 15) is 19.5 Å². The minimum absolute atomic E-state index is 0.150. The van der Waals surface area contributed by atoms with Gasteiger partial charge in [-0.1, -0.05) is 24.3 Å². The molecule has 0 unspecified atom stereocenters. The van der Waals surface area contributed by atoms with E-state index in [0.717, 1.165) is 0 Å². The first-order valence-corrected chi connectivity index (χ1v) is 9.68. The van der Waals surface area contributed by atoms with Crippen molar-refractivity contribution in [3.05, 3.63) is 57.8 Å². The number of amides is 1. The number of thiophene rings is 1. The molecule has 2 saturated heterocycles. The number of fused-ring (bicyclic) bond motifs is 1. The van der Waals surface area contributed by atoms with Gasteiger partial charge in [0.05, 0.1) is 22.5 Å². The molecule has 0 saturated carbocycles. The van der Waals surface area contributed by atoms with Crippen LogP contribution in [0, 0.1) is 11.3 Å². The smallest absolute Gasteiger partial charge is 0.311 e. The maximum atomic E-state index is 13.2. The van der Waals surface area contributed by atoms with Crippen molar-refractivity contribution >= 4 is 29.0 Å². The predicted octanol–water partition coefficient (Wildman–Crippen LogP) is 2.54. The lowest BCUT2D eigenvalue weighted by molar-refractivity contribution is -0.157. The Labute approximate surface area is 160 Å². The molecule has 27 heavy (non-hydrogen) atoms. The topological polar surface area (TPSA) is 83.9 Å². The molecule has 4 rings (SSSR count). The summed E-state index contributed by atoms with van der Waals surface area (Å²) in [6.07, 6.45) is 0.395. The summed E-state index contributed by atoms with van der Waals surface area (Å²) >= 11 is 1.33. The minimum atomic E-state index is -0.958. The van der Waals surface area contributed by atoms with Crippen LogP contribution < -0.4 is 0 Å². The van der Waals surface area contributed by atoms with E-state index in [0.29, 0.717) is 42.2 Å².